The molecule has 0 bridgehead atoms. The Hall–Kier alpha value is -2.21. The van der Waals surface area contributed by atoms with Gasteiger partial charge in [-0.05, 0) is 25.0 Å². The van der Waals surface area contributed by atoms with E-state index in [1.54, 1.807) is 12.4 Å². The SMILES string of the molecule is O=C(c1cnccn1)N1CCC(Nc2ccc(Cl)cn2)CC1. The molecule has 114 valence electrons. The lowest BCUT2D eigenvalue weighted by atomic mass is 10.0. The number of carbonyl (C=O) groups excluding carboxylic acids is 1. The quantitative estimate of drug-likeness (QED) is 0.940. The van der Waals surface area contributed by atoms with Gasteiger partial charge in [-0.3, -0.25) is 9.78 Å². The van der Waals surface area contributed by atoms with Crippen molar-refractivity contribution in [2.24, 2.45) is 0 Å². The molecule has 22 heavy (non-hydrogen) atoms. The van der Waals surface area contributed by atoms with E-state index in [1.165, 1.54) is 12.4 Å². The molecule has 0 atom stereocenters. The number of amides is 1. The van der Waals surface area contributed by atoms with Crippen LogP contribution in [-0.4, -0.2) is 44.9 Å². The predicted octanol–water partition coefficient (Wildman–Crippen LogP) is 2.24. The first-order valence-electron chi connectivity index (χ1n) is 7.16. The van der Waals surface area contributed by atoms with Crippen LogP contribution in [0.5, 0.6) is 0 Å². The Bertz CT molecular complexity index is 626. The second-order valence-corrected chi connectivity index (χ2v) is 5.60. The molecular weight excluding hydrogens is 302 g/mol. The van der Waals surface area contributed by atoms with Gasteiger partial charge in [0.05, 0.1) is 11.2 Å². The zero-order valence-electron chi connectivity index (χ0n) is 11.9. The highest BCUT2D eigenvalue weighted by atomic mass is 35.5. The number of hydrogen-bond donors (Lipinski definition) is 1. The van der Waals surface area contributed by atoms with Gasteiger partial charge in [0.15, 0.2) is 0 Å². The van der Waals surface area contributed by atoms with Crippen LogP contribution < -0.4 is 5.32 Å². The summed E-state index contributed by atoms with van der Waals surface area (Å²) in [6, 6.07) is 3.97. The number of nitrogens with zero attached hydrogens (tertiary/aromatic N) is 4. The smallest absolute Gasteiger partial charge is 0.274 e. The van der Waals surface area contributed by atoms with Crippen molar-refractivity contribution in [3.63, 3.8) is 0 Å². The Labute approximate surface area is 133 Å². The number of anilines is 1. The fraction of sp³-hybridized carbons (Fsp3) is 0.333. The molecule has 1 amide bonds. The first-order chi connectivity index (χ1) is 10.7. The number of likely N-dealkylation sites (tertiary alicyclic amines) is 1. The summed E-state index contributed by atoms with van der Waals surface area (Å²) in [6.07, 6.45) is 7.97. The zero-order chi connectivity index (χ0) is 15.4. The second-order valence-electron chi connectivity index (χ2n) is 5.16. The number of rotatable bonds is 3. The number of nitrogens with one attached hydrogen (secondary N) is 1. The highest BCUT2D eigenvalue weighted by Gasteiger charge is 2.24. The summed E-state index contributed by atoms with van der Waals surface area (Å²) in [4.78, 5) is 26.3. The van der Waals surface area contributed by atoms with E-state index < -0.39 is 0 Å². The average molecular weight is 318 g/mol. The molecule has 0 saturated carbocycles. The minimum absolute atomic E-state index is 0.0591. The molecule has 7 heteroatoms. The first kappa shape index (κ1) is 14.7. The number of hydrogen-bond acceptors (Lipinski definition) is 5. The lowest BCUT2D eigenvalue weighted by Crippen LogP contribution is -2.42. The molecule has 0 aromatic carbocycles. The van der Waals surface area contributed by atoms with E-state index in [4.69, 9.17) is 11.6 Å². The first-order valence-corrected chi connectivity index (χ1v) is 7.53. The van der Waals surface area contributed by atoms with Crippen molar-refractivity contribution in [3.05, 3.63) is 47.6 Å². The van der Waals surface area contributed by atoms with Crippen molar-refractivity contribution >= 4 is 23.3 Å². The molecular formula is C15H16ClN5O. The molecule has 0 aliphatic carbocycles. The Balaban J connectivity index is 1.54. The van der Waals surface area contributed by atoms with Crippen LogP contribution >= 0.6 is 11.6 Å². The molecule has 1 saturated heterocycles. The van der Waals surface area contributed by atoms with Gasteiger partial charge >= 0.3 is 0 Å². The molecule has 2 aromatic heterocycles. The summed E-state index contributed by atoms with van der Waals surface area (Å²) >= 11 is 5.82. The van der Waals surface area contributed by atoms with Crippen LogP contribution in [0.1, 0.15) is 23.3 Å². The van der Waals surface area contributed by atoms with Gasteiger partial charge in [0.25, 0.3) is 5.91 Å². The van der Waals surface area contributed by atoms with Crippen molar-refractivity contribution in [2.45, 2.75) is 18.9 Å². The lowest BCUT2D eigenvalue weighted by Gasteiger charge is -2.32. The molecule has 1 N–H and O–H groups in total. The third kappa shape index (κ3) is 3.51. The molecule has 0 unspecified atom stereocenters. The van der Waals surface area contributed by atoms with Crippen LogP contribution in [0.3, 0.4) is 0 Å². The minimum Gasteiger partial charge on any atom is -0.367 e. The predicted molar refractivity (Wildman–Crippen MR) is 83.8 cm³/mol. The normalized spacial score (nSPS) is 15.6. The van der Waals surface area contributed by atoms with Crippen LogP contribution in [0.15, 0.2) is 36.9 Å². The van der Waals surface area contributed by atoms with Crippen molar-refractivity contribution < 1.29 is 4.79 Å². The number of pyridine rings is 1. The Morgan fingerprint density at radius 3 is 2.64 bits per heavy atom. The summed E-state index contributed by atoms with van der Waals surface area (Å²) in [6.45, 7) is 1.39. The highest BCUT2D eigenvalue weighted by molar-refractivity contribution is 6.30. The van der Waals surface area contributed by atoms with Crippen molar-refractivity contribution in [1.82, 2.24) is 19.9 Å². The molecule has 3 rings (SSSR count). The van der Waals surface area contributed by atoms with E-state index in [1.807, 2.05) is 17.0 Å². The van der Waals surface area contributed by atoms with E-state index in [0.717, 1.165) is 18.7 Å². The molecule has 1 aliphatic rings. The maximum Gasteiger partial charge on any atom is 0.274 e. The van der Waals surface area contributed by atoms with Crippen molar-refractivity contribution in [1.29, 1.82) is 0 Å². The largest absolute Gasteiger partial charge is 0.367 e. The topological polar surface area (TPSA) is 71.0 Å². The van der Waals surface area contributed by atoms with Gasteiger partial charge in [-0.25, -0.2) is 9.97 Å². The van der Waals surface area contributed by atoms with E-state index in [2.05, 4.69) is 20.3 Å². The third-order valence-corrected chi connectivity index (χ3v) is 3.87. The van der Waals surface area contributed by atoms with Gasteiger partial charge in [-0.15, -0.1) is 0 Å². The highest BCUT2D eigenvalue weighted by Crippen LogP contribution is 2.17. The molecule has 2 aromatic rings. The summed E-state index contributed by atoms with van der Waals surface area (Å²) in [7, 11) is 0. The van der Waals surface area contributed by atoms with Crippen LogP contribution in [0.25, 0.3) is 0 Å². The molecule has 0 spiro atoms. The van der Waals surface area contributed by atoms with Gasteiger partial charge in [0.1, 0.15) is 11.5 Å². The third-order valence-electron chi connectivity index (χ3n) is 3.64. The fourth-order valence-electron chi connectivity index (χ4n) is 2.47. The number of halogens is 1. The molecule has 1 aliphatic heterocycles. The second kappa shape index (κ2) is 6.70. The maximum absolute atomic E-state index is 12.3. The van der Waals surface area contributed by atoms with E-state index in [0.29, 0.717) is 29.8 Å². The van der Waals surface area contributed by atoms with Gasteiger partial charge in [-0.2, -0.15) is 0 Å². The van der Waals surface area contributed by atoms with Crippen LogP contribution in [0, 0.1) is 0 Å². The van der Waals surface area contributed by atoms with E-state index >= 15 is 0 Å². The van der Waals surface area contributed by atoms with E-state index in [-0.39, 0.29) is 5.91 Å². The molecule has 1 fully saturated rings. The van der Waals surface area contributed by atoms with Gasteiger partial charge in [0, 0.05) is 37.7 Å². The number of piperidine rings is 1. The number of carbonyl (C=O) groups is 1. The van der Waals surface area contributed by atoms with E-state index in [9.17, 15) is 4.79 Å². The fourth-order valence-corrected chi connectivity index (χ4v) is 2.58. The van der Waals surface area contributed by atoms with Crippen LogP contribution in [0.2, 0.25) is 5.02 Å². The standard InChI is InChI=1S/C15H16ClN5O/c16-11-1-2-14(19-9-11)20-12-3-7-21(8-4-12)15(22)13-10-17-5-6-18-13/h1-2,5-6,9-10,12H,3-4,7-8H2,(H,19,20). The Kier molecular flexibility index (Phi) is 4.48. The average Bonchev–Trinajstić information content (AvgIpc) is 2.58. The van der Waals surface area contributed by atoms with Crippen molar-refractivity contribution in [3.8, 4) is 0 Å². The summed E-state index contributed by atoms with van der Waals surface area (Å²) in [5.41, 5.74) is 0.397. The summed E-state index contributed by atoms with van der Waals surface area (Å²) in [5.74, 6) is 0.749. The van der Waals surface area contributed by atoms with Crippen LogP contribution in [0.4, 0.5) is 5.82 Å². The lowest BCUT2D eigenvalue weighted by molar-refractivity contribution is 0.0712. The molecule has 3 heterocycles. The summed E-state index contributed by atoms with van der Waals surface area (Å²) < 4.78 is 0. The Morgan fingerprint density at radius 2 is 2.00 bits per heavy atom. The minimum atomic E-state index is -0.0591. The molecule has 6 nitrogen and oxygen atoms in total. The van der Waals surface area contributed by atoms with Gasteiger partial charge in [0.2, 0.25) is 0 Å². The van der Waals surface area contributed by atoms with Gasteiger partial charge in [-0.1, -0.05) is 11.6 Å². The maximum atomic E-state index is 12.3. The molecule has 0 radical (unpaired) electrons. The summed E-state index contributed by atoms with van der Waals surface area (Å²) in [5, 5.41) is 3.99. The van der Waals surface area contributed by atoms with Gasteiger partial charge < -0.3 is 10.2 Å². The van der Waals surface area contributed by atoms with Crippen molar-refractivity contribution in [2.75, 3.05) is 18.4 Å². The van der Waals surface area contributed by atoms with Crippen LogP contribution in [-0.2, 0) is 0 Å². The Morgan fingerprint density at radius 1 is 1.18 bits per heavy atom. The number of aromatic nitrogens is 3. The zero-order valence-corrected chi connectivity index (χ0v) is 12.7. The monoisotopic (exact) mass is 317 g/mol.